The van der Waals surface area contributed by atoms with Gasteiger partial charge in [-0.3, -0.25) is 0 Å². The first-order valence-corrected chi connectivity index (χ1v) is 15.5. The van der Waals surface area contributed by atoms with Crippen LogP contribution in [0.5, 0.6) is 0 Å². The summed E-state index contributed by atoms with van der Waals surface area (Å²) in [6.07, 6.45) is 4.74. The molecular weight excluding hydrogens is 394 g/mol. The molecule has 29 heavy (non-hydrogen) atoms. The van der Waals surface area contributed by atoms with Gasteiger partial charge in [0.2, 0.25) is 0 Å². The summed E-state index contributed by atoms with van der Waals surface area (Å²) in [5.41, 5.74) is 1.31. The fraction of sp³-hybridized carbons (Fsp3) is 0.667. The summed E-state index contributed by atoms with van der Waals surface area (Å²) in [6, 6.07) is 13.2. The van der Waals surface area contributed by atoms with Gasteiger partial charge in [-0.25, -0.2) is 8.57 Å². The lowest BCUT2D eigenvalue weighted by Gasteiger charge is -2.41. The standard InChI is InChI=1S/C24H41NO2SSi/c1-7-29(8-2,9-3)27-24(20(4)5)23-18-14-13-15-21(23)19-28(26,25-6)22-16-11-10-12-17-22/h10-12,16-17,19-20,23-24H,7-9,13-15,18H2,1-6H3/b21-19+/t23-,24+,28+/m1/s1. The van der Waals surface area contributed by atoms with Gasteiger partial charge in [0, 0.05) is 18.4 Å². The summed E-state index contributed by atoms with van der Waals surface area (Å²) in [7, 11) is -2.56. The second-order valence-corrected chi connectivity index (χ2v) is 15.6. The van der Waals surface area contributed by atoms with Crippen LogP contribution in [0.15, 0.2) is 50.6 Å². The summed E-state index contributed by atoms with van der Waals surface area (Å²) in [4.78, 5) is 0.806. The molecule has 0 radical (unpaired) electrons. The molecule has 1 aliphatic carbocycles. The van der Waals surface area contributed by atoms with E-state index in [1.165, 1.54) is 36.5 Å². The van der Waals surface area contributed by atoms with E-state index in [2.05, 4.69) is 39.0 Å². The van der Waals surface area contributed by atoms with E-state index in [1.807, 2.05) is 35.7 Å². The lowest BCUT2D eigenvalue weighted by atomic mass is 9.78. The molecule has 3 nitrogen and oxygen atoms in total. The average Bonchev–Trinajstić information content (AvgIpc) is 2.76. The van der Waals surface area contributed by atoms with Crippen molar-refractivity contribution in [2.75, 3.05) is 7.05 Å². The van der Waals surface area contributed by atoms with Gasteiger partial charge < -0.3 is 4.43 Å². The third-order valence-corrected chi connectivity index (χ3v) is 13.5. The lowest BCUT2D eigenvalue weighted by molar-refractivity contribution is 0.0811. The first-order chi connectivity index (χ1) is 13.8. The van der Waals surface area contributed by atoms with E-state index in [0.29, 0.717) is 11.8 Å². The first-order valence-electron chi connectivity index (χ1n) is 11.4. The molecule has 0 heterocycles. The topological polar surface area (TPSA) is 38.7 Å². The van der Waals surface area contributed by atoms with E-state index in [-0.39, 0.29) is 6.10 Å². The zero-order valence-corrected chi connectivity index (χ0v) is 21.1. The van der Waals surface area contributed by atoms with E-state index in [9.17, 15) is 4.21 Å². The molecule has 0 N–H and O–H groups in total. The molecule has 2 rings (SSSR count). The van der Waals surface area contributed by atoms with Gasteiger partial charge in [0.05, 0.1) is 20.7 Å². The quantitative estimate of drug-likeness (QED) is 0.383. The SMILES string of the molecule is CC[Si](CC)(CC)O[C@@H](C(C)C)[C@@H]1CCCC/C1=C\[S@@](=O)(=NC)c1ccccc1. The minimum Gasteiger partial charge on any atom is -0.413 e. The average molecular weight is 436 g/mol. The molecule has 1 saturated carbocycles. The third-order valence-electron chi connectivity index (χ3n) is 6.74. The van der Waals surface area contributed by atoms with Crippen molar-refractivity contribution >= 4 is 18.0 Å². The van der Waals surface area contributed by atoms with Crippen molar-refractivity contribution in [1.82, 2.24) is 0 Å². The summed E-state index contributed by atoms with van der Waals surface area (Å²) in [5, 5.41) is 2.01. The highest BCUT2D eigenvalue weighted by molar-refractivity contribution is 7.96. The van der Waals surface area contributed by atoms with Gasteiger partial charge in [0.1, 0.15) is 0 Å². The molecular formula is C24H41NO2SSi. The zero-order valence-electron chi connectivity index (χ0n) is 19.3. The second-order valence-electron chi connectivity index (χ2n) is 8.68. The molecule has 0 spiro atoms. The number of benzene rings is 1. The van der Waals surface area contributed by atoms with Crippen LogP contribution in [0.1, 0.15) is 60.3 Å². The molecule has 164 valence electrons. The van der Waals surface area contributed by atoms with Crippen LogP contribution in [0.3, 0.4) is 0 Å². The van der Waals surface area contributed by atoms with E-state index in [1.54, 1.807) is 7.05 Å². The second kappa shape index (κ2) is 10.9. The van der Waals surface area contributed by atoms with Crippen molar-refractivity contribution in [3.63, 3.8) is 0 Å². The lowest BCUT2D eigenvalue weighted by Crippen LogP contribution is -2.45. The first kappa shape index (κ1) is 24.4. The Kier molecular flexibility index (Phi) is 9.17. The highest BCUT2D eigenvalue weighted by atomic mass is 32.2. The van der Waals surface area contributed by atoms with Crippen LogP contribution >= 0.6 is 0 Å². The van der Waals surface area contributed by atoms with Crippen molar-refractivity contribution < 1.29 is 8.63 Å². The van der Waals surface area contributed by atoms with Crippen LogP contribution in [-0.4, -0.2) is 25.7 Å². The number of rotatable bonds is 9. The molecule has 1 fully saturated rings. The fourth-order valence-corrected chi connectivity index (χ4v) is 9.32. The summed E-state index contributed by atoms with van der Waals surface area (Å²) in [6.45, 7) is 11.5. The Balaban J connectivity index is 2.45. The maximum absolute atomic E-state index is 13.7. The van der Waals surface area contributed by atoms with Crippen LogP contribution in [0.4, 0.5) is 0 Å². The molecule has 0 amide bonds. The Labute approximate surface area is 180 Å². The smallest absolute Gasteiger partial charge is 0.192 e. The molecule has 0 aromatic heterocycles. The molecule has 3 atom stereocenters. The summed E-state index contributed by atoms with van der Waals surface area (Å²) in [5.74, 6) is 0.802. The van der Waals surface area contributed by atoms with Crippen molar-refractivity contribution in [1.29, 1.82) is 0 Å². The molecule has 1 aromatic rings. The predicted molar refractivity (Wildman–Crippen MR) is 128 cm³/mol. The van der Waals surface area contributed by atoms with Gasteiger partial charge in [-0.05, 0) is 55.4 Å². The van der Waals surface area contributed by atoms with Crippen molar-refractivity contribution in [2.45, 2.75) is 89.4 Å². The van der Waals surface area contributed by atoms with Gasteiger partial charge >= 0.3 is 0 Å². The molecule has 0 aliphatic heterocycles. The summed E-state index contributed by atoms with van der Waals surface area (Å²) < 4.78 is 25.2. The molecule has 0 unspecified atom stereocenters. The van der Waals surface area contributed by atoms with Crippen molar-refractivity contribution in [3.05, 3.63) is 41.3 Å². The van der Waals surface area contributed by atoms with Gasteiger partial charge in [0.25, 0.3) is 0 Å². The minimum absolute atomic E-state index is 0.212. The van der Waals surface area contributed by atoms with Crippen LogP contribution in [0, 0.1) is 11.8 Å². The normalized spacial score (nSPS) is 22.4. The van der Waals surface area contributed by atoms with Crippen LogP contribution in [0.25, 0.3) is 0 Å². The monoisotopic (exact) mass is 435 g/mol. The largest absolute Gasteiger partial charge is 0.413 e. The molecule has 0 saturated heterocycles. The predicted octanol–water partition coefficient (Wildman–Crippen LogP) is 7.26. The highest BCUT2D eigenvalue weighted by Crippen LogP contribution is 2.39. The minimum atomic E-state index is -2.54. The number of nitrogens with zero attached hydrogens (tertiary/aromatic N) is 1. The number of hydrogen-bond acceptors (Lipinski definition) is 3. The van der Waals surface area contributed by atoms with Gasteiger partial charge in [0.15, 0.2) is 8.32 Å². The maximum atomic E-state index is 13.7. The Morgan fingerprint density at radius 1 is 1.14 bits per heavy atom. The molecule has 5 heteroatoms. The zero-order chi connectivity index (χ0) is 21.5. The van der Waals surface area contributed by atoms with Gasteiger partial charge in [-0.1, -0.05) is 64.8 Å². The van der Waals surface area contributed by atoms with E-state index >= 15 is 0 Å². The maximum Gasteiger partial charge on any atom is 0.192 e. The van der Waals surface area contributed by atoms with Gasteiger partial charge in [-0.15, -0.1) is 0 Å². The number of hydrogen-bond donors (Lipinski definition) is 0. The van der Waals surface area contributed by atoms with Crippen molar-refractivity contribution in [3.8, 4) is 0 Å². The Morgan fingerprint density at radius 2 is 1.76 bits per heavy atom. The van der Waals surface area contributed by atoms with E-state index in [0.717, 1.165) is 17.7 Å². The van der Waals surface area contributed by atoms with Crippen LogP contribution in [0.2, 0.25) is 18.1 Å². The van der Waals surface area contributed by atoms with E-state index < -0.39 is 18.0 Å². The van der Waals surface area contributed by atoms with E-state index in [4.69, 9.17) is 4.43 Å². The fourth-order valence-electron chi connectivity index (χ4n) is 4.60. The van der Waals surface area contributed by atoms with Crippen LogP contribution < -0.4 is 0 Å². The van der Waals surface area contributed by atoms with Gasteiger partial charge in [-0.2, -0.15) is 0 Å². The van der Waals surface area contributed by atoms with Crippen LogP contribution in [-0.2, 0) is 14.2 Å². The molecule has 0 bridgehead atoms. The molecule has 1 aromatic carbocycles. The summed E-state index contributed by atoms with van der Waals surface area (Å²) >= 11 is 0. The Hall–Kier alpha value is -0.913. The van der Waals surface area contributed by atoms with Crippen molar-refractivity contribution in [2.24, 2.45) is 16.2 Å². The highest BCUT2D eigenvalue weighted by Gasteiger charge is 2.38. The Bertz CT molecular complexity index is 769. The Morgan fingerprint density at radius 3 is 2.28 bits per heavy atom. The third kappa shape index (κ3) is 5.83. The molecule has 1 aliphatic rings.